The molecule has 0 radical (unpaired) electrons. The summed E-state index contributed by atoms with van der Waals surface area (Å²) in [7, 11) is 0. The molecular formula is C11H21N3. The zero-order valence-corrected chi connectivity index (χ0v) is 8.91. The molecule has 0 spiro atoms. The third kappa shape index (κ3) is 2.27. The van der Waals surface area contributed by atoms with Gasteiger partial charge in [0, 0.05) is 19.1 Å². The molecule has 0 aromatic heterocycles. The predicted octanol–water partition coefficient (Wildman–Crippen LogP) is 1.54. The van der Waals surface area contributed by atoms with E-state index in [1.54, 1.807) is 0 Å². The van der Waals surface area contributed by atoms with Crippen LogP contribution in [0.5, 0.6) is 0 Å². The number of hydrogen-bond acceptors (Lipinski definition) is 2. The van der Waals surface area contributed by atoms with Crippen LogP contribution in [0.15, 0.2) is 0 Å². The first-order valence-electron chi connectivity index (χ1n) is 5.89. The molecule has 1 N–H and O–H groups in total. The van der Waals surface area contributed by atoms with Crippen LogP contribution in [0.1, 0.15) is 32.1 Å². The molecule has 0 aromatic rings. The van der Waals surface area contributed by atoms with Crippen molar-refractivity contribution in [2.24, 2.45) is 0 Å². The molecule has 3 nitrogen and oxygen atoms in total. The van der Waals surface area contributed by atoms with E-state index in [1.807, 2.05) is 0 Å². The first-order valence-corrected chi connectivity index (χ1v) is 5.89. The molecule has 2 heterocycles. The number of nitrogens with zero attached hydrogens (tertiary/aromatic N) is 2. The summed E-state index contributed by atoms with van der Waals surface area (Å²) in [6.07, 6.45) is 8.22. The highest BCUT2D eigenvalue weighted by atomic mass is 15.2. The summed E-state index contributed by atoms with van der Waals surface area (Å²) in [6, 6.07) is 0.812. The van der Waals surface area contributed by atoms with Gasteiger partial charge in [-0.25, -0.2) is 0 Å². The fourth-order valence-corrected chi connectivity index (χ4v) is 2.66. The first-order chi connectivity index (χ1) is 6.90. The van der Waals surface area contributed by atoms with E-state index in [9.17, 15) is 0 Å². The van der Waals surface area contributed by atoms with Crippen molar-refractivity contribution in [1.82, 2.24) is 9.80 Å². The summed E-state index contributed by atoms with van der Waals surface area (Å²) >= 11 is 0. The lowest BCUT2D eigenvalue weighted by molar-refractivity contribution is 0.116. The van der Waals surface area contributed by atoms with E-state index >= 15 is 0 Å². The standard InChI is InChI=1S/C11H21N3/c12-10-13-8-4-11(5-9-13)14-6-2-1-3-7-14/h10-12H,1-9H2. The monoisotopic (exact) mass is 195 g/mol. The van der Waals surface area contributed by atoms with Gasteiger partial charge >= 0.3 is 0 Å². The maximum Gasteiger partial charge on any atom is 0.0817 e. The quantitative estimate of drug-likeness (QED) is 0.535. The molecule has 14 heavy (non-hydrogen) atoms. The third-order valence-corrected chi connectivity index (χ3v) is 3.59. The van der Waals surface area contributed by atoms with Crippen molar-refractivity contribution in [3.05, 3.63) is 0 Å². The minimum atomic E-state index is 0.812. The molecule has 3 heteroatoms. The van der Waals surface area contributed by atoms with Crippen LogP contribution < -0.4 is 0 Å². The zero-order chi connectivity index (χ0) is 9.80. The lowest BCUT2D eigenvalue weighted by Gasteiger charge is -2.39. The molecule has 0 aromatic carbocycles. The van der Waals surface area contributed by atoms with E-state index in [1.165, 1.54) is 51.5 Å². The van der Waals surface area contributed by atoms with E-state index in [0.29, 0.717) is 0 Å². The largest absolute Gasteiger partial charge is 0.363 e. The molecule has 2 saturated heterocycles. The second kappa shape index (κ2) is 4.78. The maximum absolute atomic E-state index is 7.19. The van der Waals surface area contributed by atoms with Crippen LogP contribution in [0.3, 0.4) is 0 Å². The lowest BCUT2D eigenvalue weighted by Crippen LogP contribution is -2.46. The number of rotatable bonds is 2. The molecule has 0 aliphatic carbocycles. The van der Waals surface area contributed by atoms with Gasteiger partial charge in [0.25, 0.3) is 0 Å². The molecule has 0 atom stereocenters. The summed E-state index contributed by atoms with van der Waals surface area (Å²) in [5.41, 5.74) is 0. The van der Waals surface area contributed by atoms with Crippen LogP contribution >= 0.6 is 0 Å². The minimum Gasteiger partial charge on any atom is -0.363 e. The van der Waals surface area contributed by atoms with Crippen molar-refractivity contribution in [2.75, 3.05) is 26.2 Å². The van der Waals surface area contributed by atoms with Crippen molar-refractivity contribution in [3.8, 4) is 0 Å². The predicted molar refractivity (Wildman–Crippen MR) is 58.8 cm³/mol. The third-order valence-electron chi connectivity index (χ3n) is 3.59. The highest BCUT2D eigenvalue weighted by molar-refractivity contribution is 5.50. The zero-order valence-electron chi connectivity index (χ0n) is 8.91. The summed E-state index contributed by atoms with van der Waals surface area (Å²) in [6.45, 7) is 4.81. The Bertz CT molecular complexity index is 179. The fourth-order valence-electron chi connectivity index (χ4n) is 2.66. The van der Waals surface area contributed by atoms with Crippen molar-refractivity contribution < 1.29 is 0 Å². The SMILES string of the molecule is N=CN1CCC(N2CCCCC2)CC1. The Labute approximate surface area is 86.6 Å². The molecule has 2 aliphatic rings. The maximum atomic E-state index is 7.19. The number of likely N-dealkylation sites (tertiary alicyclic amines) is 2. The molecule has 0 amide bonds. The van der Waals surface area contributed by atoms with Crippen LogP contribution in [0.4, 0.5) is 0 Å². The Morgan fingerprint density at radius 1 is 0.929 bits per heavy atom. The Kier molecular flexibility index (Phi) is 3.40. The topological polar surface area (TPSA) is 30.3 Å². The Morgan fingerprint density at radius 3 is 2.14 bits per heavy atom. The average molecular weight is 195 g/mol. The Morgan fingerprint density at radius 2 is 1.57 bits per heavy atom. The second-order valence-electron chi connectivity index (χ2n) is 4.49. The molecule has 2 rings (SSSR count). The molecule has 2 fully saturated rings. The van der Waals surface area contributed by atoms with Crippen LogP contribution in [0.25, 0.3) is 0 Å². The van der Waals surface area contributed by atoms with Gasteiger partial charge in [0.15, 0.2) is 0 Å². The van der Waals surface area contributed by atoms with Crippen molar-refractivity contribution >= 4 is 6.34 Å². The number of piperidine rings is 2. The Hall–Kier alpha value is -0.570. The van der Waals surface area contributed by atoms with Crippen molar-refractivity contribution in [3.63, 3.8) is 0 Å². The van der Waals surface area contributed by atoms with Crippen molar-refractivity contribution in [2.45, 2.75) is 38.1 Å². The smallest absolute Gasteiger partial charge is 0.0817 e. The van der Waals surface area contributed by atoms with Crippen LogP contribution in [-0.4, -0.2) is 48.4 Å². The highest BCUT2D eigenvalue weighted by Gasteiger charge is 2.24. The van der Waals surface area contributed by atoms with Gasteiger partial charge in [-0.3, -0.25) is 5.41 Å². The highest BCUT2D eigenvalue weighted by Crippen LogP contribution is 2.19. The average Bonchev–Trinajstić information content (AvgIpc) is 2.30. The molecule has 0 bridgehead atoms. The summed E-state index contributed by atoms with van der Waals surface area (Å²) in [5.74, 6) is 0. The van der Waals surface area contributed by atoms with Crippen molar-refractivity contribution in [1.29, 1.82) is 5.41 Å². The van der Waals surface area contributed by atoms with E-state index in [-0.39, 0.29) is 0 Å². The summed E-state index contributed by atoms with van der Waals surface area (Å²) < 4.78 is 0. The van der Waals surface area contributed by atoms with Crippen LogP contribution in [-0.2, 0) is 0 Å². The summed E-state index contributed by atoms with van der Waals surface area (Å²) in [4.78, 5) is 4.80. The molecule has 80 valence electrons. The van der Waals surface area contributed by atoms with Gasteiger partial charge in [0.1, 0.15) is 0 Å². The molecule has 0 unspecified atom stereocenters. The summed E-state index contributed by atoms with van der Waals surface area (Å²) in [5, 5.41) is 7.19. The molecule has 0 saturated carbocycles. The van der Waals surface area contributed by atoms with Gasteiger partial charge in [-0.05, 0) is 38.8 Å². The second-order valence-corrected chi connectivity index (χ2v) is 4.49. The van der Waals surface area contributed by atoms with Crippen LogP contribution in [0, 0.1) is 5.41 Å². The van der Waals surface area contributed by atoms with Gasteiger partial charge in [-0.2, -0.15) is 0 Å². The molecular weight excluding hydrogens is 174 g/mol. The van der Waals surface area contributed by atoms with Gasteiger partial charge < -0.3 is 9.80 Å². The normalized spacial score (nSPS) is 26.4. The minimum absolute atomic E-state index is 0.812. The Balaban J connectivity index is 1.78. The van der Waals surface area contributed by atoms with E-state index < -0.39 is 0 Å². The van der Waals surface area contributed by atoms with E-state index in [4.69, 9.17) is 5.41 Å². The van der Waals surface area contributed by atoms with Gasteiger partial charge in [-0.15, -0.1) is 0 Å². The first kappa shape index (κ1) is 9.97. The van der Waals surface area contributed by atoms with Gasteiger partial charge in [0.05, 0.1) is 6.34 Å². The van der Waals surface area contributed by atoms with Gasteiger partial charge in [-0.1, -0.05) is 6.42 Å². The molecule has 2 aliphatic heterocycles. The number of nitrogens with one attached hydrogen (secondary N) is 1. The fraction of sp³-hybridized carbons (Fsp3) is 0.909. The lowest BCUT2D eigenvalue weighted by atomic mass is 10.0. The van der Waals surface area contributed by atoms with E-state index in [2.05, 4.69) is 9.80 Å². The van der Waals surface area contributed by atoms with E-state index in [0.717, 1.165) is 19.1 Å². The van der Waals surface area contributed by atoms with Gasteiger partial charge in [0.2, 0.25) is 0 Å². The van der Waals surface area contributed by atoms with Crippen LogP contribution in [0.2, 0.25) is 0 Å². The number of hydrogen-bond donors (Lipinski definition) is 1.